The number of ether oxygens (including phenoxy) is 1. The Morgan fingerprint density at radius 3 is 2.87 bits per heavy atom. The van der Waals surface area contributed by atoms with E-state index in [9.17, 15) is 4.79 Å². The molecule has 8 heteroatoms. The van der Waals surface area contributed by atoms with E-state index in [0.29, 0.717) is 13.2 Å². The third kappa shape index (κ3) is 4.36. The van der Waals surface area contributed by atoms with E-state index in [1.165, 1.54) is 0 Å². The summed E-state index contributed by atoms with van der Waals surface area (Å²) in [5.74, 6) is 2.92. The number of furan rings is 1. The lowest BCUT2D eigenvalue weighted by Crippen LogP contribution is -2.36. The van der Waals surface area contributed by atoms with Crippen LogP contribution in [-0.2, 0) is 29.0 Å². The Kier molecular flexibility index (Phi) is 5.74. The largest absolute Gasteiger partial charge is 0.460 e. The number of carbonyl (C=O) groups excluding carboxylic acids is 1. The number of hydrogen-bond donors (Lipinski definition) is 1. The van der Waals surface area contributed by atoms with Crippen LogP contribution in [-0.4, -0.2) is 51.9 Å². The van der Waals surface area contributed by atoms with E-state index < -0.39 is 0 Å². The smallest absolute Gasteiger partial charge is 0.223 e. The van der Waals surface area contributed by atoms with Gasteiger partial charge in [0.15, 0.2) is 5.82 Å². The molecule has 1 saturated heterocycles. The minimum absolute atomic E-state index is 0.0297. The van der Waals surface area contributed by atoms with Gasteiger partial charge in [-0.05, 0) is 31.9 Å². The molecule has 0 saturated carbocycles. The molecule has 1 fully saturated rings. The molecule has 1 unspecified atom stereocenters. The highest BCUT2D eigenvalue weighted by Crippen LogP contribution is 2.22. The van der Waals surface area contributed by atoms with Crippen molar-refractivity contribution in [1.82, 2.24) is 25.0 Å². The van der Waals surface area contributed by atoms with Gasteiger partial charge in [0.1, 0.15) is 17.2 Å². The molecule has 2 aliphatic heterocycles. The Bertz CT molecular complexity index is 1020. The molecule has 1 aromatic carbocycles. The van der Waals surface area contributed by atoms with Crippen LogP contribution in [0.2, 0.25) is 0 Å². The predicted molar refractivity (Wildman–Crippen MR) is 115 cm³/mol. The maximum Gasteiger partial charge on any atom is 0.223 e. The Morgan fingerprint density at radius 2 is 2.03 bits per heavy atom. The van der Waals surface area contributed by atoms with E-state index in [1.54, 1.807) is 0 Å². The van der Waals surface area contributed by atoms with Crippen LogP contribution in [0.3, 0.4) is 0 Å². The van der Waals surface area contributed by atoms with E-state index in [1.807, 2.05) is 25.1 Å². The van der Waals surface area contributed by atoms with Crippen molar-refractivity contribution in [2.75, 3.05) is 26.3 Å². The second-order valence-corrected chi connectivity index (χ2v) is 8.52. The molecule has 0 aliphatic carbocycles. The summed E-state index contributed by atoms with van der Waals surface area (Å²) in [5.41, 5.74) is 0.931. The minimum Gasteiger partial charge on any atom is -0.460 e. The van der Waals surface area contributed by atoms with Crippen molar-refractivity contribution >= 4 is 16.9 Å². The zero-order valence-electron chi connectivity index (χ0n) is 17.9. The van der Waals surface area contributed by atoms with E-state index in [0.717, 1.165) is 73.8 Å². The fraction of sp³-hybridized carbons (Fsp3) is 0.522. The fourth-order valence-corrected chi connectivity index (χ4v) is 4.56. The van der Waals surface area contributed by atoms with E-state index in [2.05, 4.69) is 37.1 Å². The van der Waals surface area contributed by atoms with Gasteiger partial charge >= 0.3 is 0 Å². The highest BCUT2D eigenvalue weighted by molar-refractivity contribution is 5.79. The molecule has 164 valence electrons. The van der Waals surface area contributed by atoms with Crippen LogP contribution in [0.15, 0.2) is 34.7 Å². The first-order valence-electron chi connectivity index (χ1n) is 11.2. The van der Waals surface area contributed by atoms with Gasteiger partial charge in [-0.3, -0.25) is 9.69 Å². The average molecular weight is 424 g/mol. The lowest BCUT2D eigenvalue weighted by molar-refractivity contribution is -0.128. The highest BCUT2D eigenvalue weighted by Gasteiger charge is 2.26. The maximum atomic E-state index is 12.6. The Hall–Kier alpha value is -2.71. The summed E-state index contributed by atoms with van der Waals surface area (Å²) in [6, 6.07) is 10.1. The quantitative estimate of drug-likeness (QED) is 0.679. The van der Waals surface area contributed by atoms with Gasteiger partial charge in [-0.25, -0.2) is 0 Å². The number of rotatable bonds is 5. The fourth-order valence-electron chi connectivity index (χ4n) is 4.56. The molecule has 4 heterocycles. The van der Waals surface area contributed by atoms with Crippen LogP contribution >= 0.6 is 0 Å². The van der Waals surface area contributed by atoms with Crippen molar-refractivity contribution in [3.8, 4) is 0 Å². The first-order chi connectivity index (χ1) is 15.2. The molecule has 1 amide bonds. The van der Waals surface area contributed by atoms with E-state index in [-0.39, 0.29) is 17.9 Å². The molecule has 2 aromatic heterocycles. The van der Waals surface area contributed by atoms with Gasteiger partial charge in [0.05, 0.1) is 12.6 Å². The Balaban J connectivity index is 1.22. The number of nitrogens with zero attached hydrogens (tertiary/aromatic N) is 4. The van der Waals surface area contributed by atoms with Crippen LogP contribution < -0.4 is 5.32 Å². The van der Waals surface area contributed by atoms with Crippen molar-refractivity contribution in [1.29, 1.82) is 0 Å². The van der Waals surface area contributed by atoms with Crippen molar-refractivity contribution in [2.45, 2.75) is 45.3 Å². The molecule has 3 aromatic rings. The second kappa shape index (κ2) is 8.80. The molecule has 8 nitrogen and oxygen atoms in total. The maximum absolute atomic E-state index is 12.6. The number of aromatic nitrogens is 3. The van der Waals surface area contributed by atoms with Crippen LogP contribution in [0.25, 0.3) is 11.0 Å². The number of hydrogen-bond acceptors (Lipinski definition) is 6. The third-order valence-corrected chi connectivity index (χ3v) is 6.34. The van der Waals surface area contributed by atoms with E-state index in [4.69, 9.17) is 9.15 Å². The van der Waals surface area contributed by atoms with Crippen LogP contribution in [0.4, 0.5) is 0 Å². The Labute approximate surface area is 181 Å². The van der Waals surface area contributed by atoms with Gasteiger partial charge < -0.3 is 19.0 Å². The molecule has 0 radical (unpaired) electrons. The number of nitrogens with one attached hydrogen (secondary N) is 1. The summed E-state index contributed by atoms with van der Waals surface area (Å²) >= 11 is 0. The Morgan fingerprint density at radius 1 is 1.19 bits per heavy atom. The SMILES string of the molecule is CC(NC(=O)C1CCOCC1)c1nnc2n1CCN(Cc1cc3ccccc3o1)CC2. The number of benzene rings is 1. The number of amides is 1. The van der Waals surface area contributed by atoms with Gasteiger partial charge in [-0.2, -0.15) is 0 Å². The summed E-state index contributed by atoms with van der Waals surface area (Å²) < 4.78 is 13.5. The third-order valence-electron chi connectivity index (χ3n) is 6.34. The van der Waals surface area contributed by atoms with Gasteiger partial charge in [0, 0.05) is 50.6 Å². The number of para-hydroxylation sites is 1. The average Bonchev–Trinajstić information content (AvgIpc) is 3.34. The standard InChI is InChI=1S/C23H29N5O3/c1-16(24-23(29)17-7-12-30-13-8-17)22-26-25-21-6-9-27(10-11-28(21)22)15-19-14-18-4-2-3-5-20(18)31-19/h2-5,14,16-17H,6-13,15H2,1H3,(H,24,29). The molecule has 2 aliphatic rings. The summed E-state index contributed by atoms with van der Waals surface area (Å²) in [6.45, 7) is 6.68. The molecular formula is C23H29N5O3. The topological polar surface area (TPSA) is 85.4 Å². The lowest BCUT2D eigenvalue weighted by Gasteiger charge is -2.23. The zero-order valence-corrected chi connectivity index (χ0v) is 17.9. The normalized spacial score (nSPS) is 19.1. The van der Waals surface area contributed by atoms with E-state index >= 15 is 0 Å². The zero-order chi connectivity index (χ0) is 21.2. The summed E-state index contributed by atoms with van der Waals surface area (Å²) in [6.07, 6.45) is 2.40. The van der Waals surface area contributed by atoms with Gasteiger partial charge in [-0.15, -0.1) is 10.2 Å². The molecule has 31 heavy (non-hydrogen) atoms. The molecule has 0 bridgehead atoms. The van der Waals surface area contributed by atoms with Gasteiger partial charge in [0.2, 0.25) is 5.91 Å². The van der Waals surface area contributed by atoms with Gasteiger partial charge in [-0.1, -0.05) is 18.2 Å². The number of carbonyl (C=O) groups is 1. The van der Waals surface area contributed by atoms with Crippen LogP contribution in [0, 0.1) is 5.92 Å². The molecule has 0 spiro atoms. The van der Waals surface area contributed by atoms with Crippen molar-refractivity contribution in [3.05, 3.63) is 47.7 Å². The summed E-state index contributed by atoms with van der Waals surface area (Å²) in [5, 5.41) is 13.1. The molecule has 5 rings (SSSR count). The predicted octanol–water partition coefficient (Wildman–Crippen LogP) is 2.69. The van der Waals surface area contributed by atoms with Crippen LogP contribution in [0.1, 0.15) is 43.2 Å². The van der Waals surface area contributed by atoms with Crippen molar-refractivity contribution in [2.24, 2.45) is 5.92 Å². The number of fused-ring (bicyclic) bond motifs is 2. The molecule has 1 N–H and O–H groups in total. The molecule has 1 atom stereocenters. The minimum atomic E-state index is -0.168. The summed E-state index contributed by atoms with van der Waals surface area (Å²) in [7, 11) is 0. The van der Waals surface area contributed by atoms with Crippen molar-refractivity contribution < 1.29 is 13.9 Å². The van der Waals surface area contributed by atoms with Crippen LogP contribution in [0.5, 0.6) is 0 Å². The summed E-state index contributed by atoms with van der Waals surface area (Å²) in [4.78, 5) is 15.0. The lowest BCUT2D eigenvalue weighted by atomic mass is 9.99. The van der Waals surface area contributed by atoms with Gasteiger partial charge in [0.25, 0.3) is 0 Å². The first kappa shape index (κ1) is 20.2. The highest BCUT2D eigenvalue weighted by atomic mass is 16.5. The molecular weight excluding hydrogens is 394 g/mol. The van der Waals surface area contributed by atoms with Crippen molar-refractivity contribution in [3.63, 3.8) is 0 Å². The first-order valence-corrected chi connectivity index (χ1v) is 11.2. The monoisotopic (exact) mass is 423 g/mol. The second-order valence-electron chi connectivity index (χ2n) is 8.52.